The van der Waals surface area contributed by atoms with E-state index in [0.29, 0.717) is 5.56 Å². The largest absolute Gasteiger partial charge is 0.481 e. The summed E-state index contributed by atoms with van der Waals surface area (Å²) in [5.41, 5.74) is 0.170. The van der Waals surface area contributed by atoms with Crippen molar-refractivity contribution in [3.05, 3.63) is 59.7 Å². The highest BCUT2D eigenvalue weighted by Crippen LogP contribution is 2.21. The van der Waals surface area contributed by atoms with Gasteiger partial charge in [0.1, 0.15) is 0 Å². The van der Waals surface area contributed by atoms with Crippen LogP contribution >= 0.6 is 0 Å². The van der Waals surface area contributed by atoms with E-state index < -0.39 is 33.3 Å². The highest BCUT2D eigenvalue weighted by atomic mass is 32.2. The first-order valence-corrected chi connectivity index (χ1v) is 8.05. The monoisotopic (exact) mass is 341 g/mol. The van der Waals surface area contributed by atoms with Crippen molar-refractivity contribution in [2.45, 2.75) is 17.7 Å². The Morgan fingerprint density at radius 1 is 1.09 bits per heavy atom. The van der Waals surface area contributed by atoms with Gasteiger partial charge < -0.3 is 5.11 Å². The summed E-state index contributed by atoms with van der Waals surface area (Å²) in [6.45, 7) is 0. The van der Waals surface area contributed by atoms with Gasteiger partial charge in [-0.05, 0) is 36.2 Å². The molecule has 0 aliphatic rings. The average Bonchev–Trinajstić information content (AvgIpc) is 2.50. The molecule has 0 aliphatic carbocycles. The number of sulfonamides is 1. The standard InChI is InChI=1S/C15H13F2NO4S/c16-12-2-1-3-13(15(12)17)18-23(21,22)11-7-4-10(5-8-11)6-9-14(19)20/h1-5,7-8,18H,6,9H2,(H,19,20). The van der Waals surface area contributed by atoms with Crippen molar-refractivity contribution in [1.29, 1.82) is 0 Å². The Morgan fingerprint density at radius 3 is 2.35 bits per heavy atom. The molecule has 0 fully saturated rings. The number of rotatable bonds is 6. The molecule has 0 radical (unpaired) electrons. The van der Waals surface area contributed by atoms with Crippen molar-refractivity contribution in [2.24, 2.45) is 0 Å². The van der Waals surface area contributed by atoms with Gasteiger partial charge in [0.05, 0.1) is 10.6 Å². The molecule has 0 aromatic heterocycles. The summed E-state index contributed by atoms with van der Waals surface area (Å²) in [5, 5.41) is 8.60. The molecule has 8 heteroatoms. The van der Waals surface area contributed by atoms with Crippen LogP contribution in [0, 0.1) is 11.6 Å². The predicted molar refractivity (Wildman–Crippen MR) is 79.6 cm³/mol. The highest BCUT2D eigenvalue weighted by molar-refractivity contribution is 7.92. The van der Waals surface area contributed by atoms with E-state index in [0.717, 1.165) is 12.1 Å². The number of hydrogen-bond acceptors (Lipinski definition) is 3. The Hall–Kier alpha value is -2.48. The second-order valence-corrected chi connectivity index (χ2v) is 6.43. The molecule has 2 aromatic carbocycles. The fraction of sp³-hybridized carbons (Fsp3) is 0.133. The molecule has 0 aliphatic heterocycles. The summed E-state index contributed by atoms with van der Waals surface area (Å²) >= 11 is 0. The van der Waals surface area contributed by atoms with Gasteiger partial charge in [0.2, 0.25) is 0 Å². The number of aliphatic carboxylic acids is 1. The van der Waals surface area contributed by atoms with Crippen LogP contribution in [0.2, 0.25) is 0 Å². The van der Waals surface area contributed by atoms with E-state index in [1.807, 2.05) is 4.72 Å². The number of carboxylic acid groups (broad SMARTS) is 1. The van der Waals surface area contributed by atoms with Gasteiger partial charge >= 0.3 is 5.97 Å². The molecule has 2 aromatic rings. The Morgan fingerprint density at radius 2 is 1.74 bits per heavy atom. The molecule has 122 valence electrons. The molecular weight excluding hydrogens is 328 g/mol. The molecule has 2 rings (SSSR count). The quantitative estimate of drug-likeness (QED) is 0.846. The van der Waals surface area contributed by atoms with E-state index in [2.05, 4.69) is 0 Å². The van der Waals surface area contributed by atoms with Gasteiger partial charge in [0.25, 0.3) is 10.0 Å². The van der Waals surface area contributed by atoms with Crippen LogP contribution in [0.15, 0.2) is 47.4 Å². The van der Waals surface area contributed by atoms with E-state index >= 15 is 0 Å². The van der Waals surface area contributed by atoms with E-state index in [1.54, 1.807) is 0 Å². The normalized spacial score (nSPS) is 11.2. The second-order valence-electron chi connectivity index (χ2n) is 4.74. The molecule has 0 bridgehead atoms. The lowest BCUT2D eigenvalue weighted by Crippen LogP contribution is -2.14. The Labute approximate surface area is 131 Å². The van der Waals surface area contributed by atoms with Crippen molar-refractivity contribution in [3.8, 4) is 0 Å². The third kappa shape index (κ3) is 4.26. The van der Waals surface area contributed by atoms with Crippen molar-refractivity contribution in [2.75, 3.05) is 4.72 Å². The molecule has 0 heterocycles. The van der Waals surface area contributed by atoms with Gasteiger partial charge in [-0.1, -0.05) is 18.2 Å². The number of carboxylic acids is 1. The van der Waals surface area contributed by atoms with Gasteiger partial charge in [-0.3, -0.25) is 9.52 Å². The van der Waals surface area contributed by atoms with Crippen LogP contribution in [0.25, 0.3) is 0 Å². The Balaban J connectivity index is 2.19. The minimum absolute atomic E-state index is 0.0706. The Kier molecular flexibility index (Phi) is 4.95. The van der Waals surface area contributed by atoms with Crippen LogP contribution in [0.5, 0.6) is 0 Å². The van der Waals surface area contributed by atoms with Crippen molar-refractivity contribution >= 4 is 21.7 Å². The maximum Gasteiger partial charge on any atom is 0.303 e. The number of carbonyl (C=O) groups is 1. The molecular formula is C15H13F2NO4S. The maximum absolute atomic E-state index is 13.5. The molecule has 0 unspecified atom stereocenters. The van der Waals surface area contributed by atoms with Crippen molar-refractivity contribution < 1.29 is 27.1 Å². The number of anilines is 1. The summed E-state index contributed by atoms with van der Waals surface area (Å²) in [4.78, 5) is 10.4. The second kappa shape index (κ2) is 6.74. The molecule has 23 heavy (non-hydrogen) atoms. The van der Waals surface area contributed by atoms with Gasteiger partial charge in [-0.15, -0.1) is 0 Å². The fourth-order valence-corrected chi connectivity index (χ4v) is 2.93. The zero-order valence-electron chi connectivity index (χ0n) is 11.8. The van der Waals surface area contributed by atoms with Gasteiger partial charge in [-0.25, -0.2) is 17.2 Å². The average molecular weight is 341 g/mol. The lowest BCUT2D eigenvalue weighted by Gasteiger charge is -2.09. The lowest BCUT2D eigenvalue weighted by atomic mass is 10.1. The summed E-state index contributed by atoms with van der Waals surface area (Å²) in [7, 11) is -4.07. The van der Waals surface area contributed by atoms with Crippen molar-refractivity contribution in [3.63, 3.8) is 0 Å². The molecule has 0 amide bonds. The van der Waals surface area contributed by atoms with E-state index in [4.69, 9.17) is 5.11 Å². The summed E-state index contributed by atoms with van der Waals surface area (Å²) in [6, 6.07) is 8.67. The van der Waals surface area contributed by atoms with Crippen LogP contribution in [0.3, 0.4) is 0 Å². The molecule has 5 nitrogen and oxygen atoms in total. The maximum atomic E-state index is 13.5. The highest BCUT2D eigenvalue weighted by Gasteiger charge is 2.17. The van der Waals surface area contributed by atoms with E-state index in [-0.39, 0.29) is 17.7 Å². The van der Waals surface area contributed by atoms with Crippen LogP contribution in [-0.2, 0) is 21.2 Å². The summed E-state index contributed by atoms with van der Waals surface area (Å²) < 4.78 is 52.9. The van der Waals surface area contributed by atoms with Crippen LogP contribution in [0.1, 0.15) is 12.0 Å². The first-order valence-electron chi connectivity index (χ1n) is 6.57. The fourth-order valence-electron chi connectivity index (χ4n) is 1.87. The summed E-state index contributed by atoms with van der Waals surface area (Å²) in [5.74, 6) is -3.40. The zero-order valence-corrected chi connectivity index (χ0v) is 12.6. The predicted octanol–water partition coefficient (Wildman–Crippen LogP) is 2.78. The number of aryl methyl sites for hydroxylation is 1. The van der Waals surface area contributed by atoms with Crippen LogP contribution < -0.4 is 4.72 Å². The summed E-state index contributed by atoms with van der Waals surface area (Å²) in [6.07, 6.45) is 0.195. The van der Waals surface area contributed by atoms with Crippen LogP contribution in [-0.4, -0.2) is 19.5 Å². The lowest BCUT2D eigenvalue weighted by molar-refractivity contribution is -0.136. The third-order valence-corrected chi connectivity index (χ3v) is 4.44. The van der Waals surface area contributed by atoms with Gasteiger partial charge in [-0.2, -0.15) is 0 Å². The van der Waals surface area contributed by atoms with Crippen molar-refractivity contribution in [1.82, 2.24) is 0 Å². The number of nitrogens with one attached hydrogen (secondary N) is 1. The minimum atomic E-state index is -4.07. The third-order valence-electron chi connectivity index (χ3n) is 3.06. The first-order chi connectivity index (χ1) is 10.8. The number of halogens is 2. The molecule has 0 atom stereocenters. The molecule has 2 N–H and O–H groups in total. The Bertz CT molecular complexity index is 820. The van der Waals surface area contributed by atoms with Crippen LogP contribution in [0.4, 0.5) is 14.5 Å². The smallest absolute Gasteiger partial charge is 0.303 e. The topological polar surface area (TPSA) is 83.5 Å². The molecule has 0 saturated heterocycles. The molecule has 0 spiro atoms. The number of hydrogen-bond donors (Lipinski definition) is 2. The van der Waals surface area contributed by atoms with Gasteiger partial charge in [0, 0.05) is 6.42 Å². The first kappa shape index (κ1) is 16.9. The van der Waals surface area contributed by atoms with E-state index in [9.17, 15) is 22.0 Å². The van der Waals surface area contributed by atoms with E-state index in [1.165, 1.54) is 30.3 Å². The SMILES string of the molecule is O=C(O)CCc1ccc(S(=O)(=O)Nc2cccc(F)c2F)cc1. The zero-order chi connectivity index (χ0) is 17.0. The minimum Gasteiger partial charge on any atom is -0.481 e. The van der Waals surface area contributed by atoms with Gasteiger partial charge in [0.15, 0.2) is 11.6 Å². The number of benzene rings is 2. The molecule has 0 saturated carbocycles.